The molecule has 39 heavy (non-hydrogen) atoms. The van der Waals surface area contributed by atoms with Crippen molar-refractivity contribution in [3.8, 4) is 5.69 Å². The van der Waals surface area contributed by atoms with Crippen molar-refractivity contribution in [3.05, 3.63) is 123 Å². The first kappa shape index (κ1) is 25.7. The maximum Gasteiger partial charge on any atom is 0.263 e. The van der Waals surface area contributed by atoms with E-state index in [2.05, 4.69) is 15.3 Å². The number of rotatable bonds is 7. The van der Waals surface area contributed by atoms with Gasteiger partial charge in [-0.15, -0.1) is 0 Å². The zero-order valence-electron chi connectivity index (χ0n) is 21.6. The number of aromatic nitrogens is 3. The number of anilines is 2. The minimum atomic E-state index is -0.495. The van der Waals surface area contributed by atoms with E-state index in [1.54, 1.807) is 10.6 Å². The van der Waals surface area contributed by atoms with E-state index in [0.29, 0.717) is 22.2 Å². The molecule has 0 unspecified atom stereocenters. The molecule has 5 aromatic rings. The van der Waals surface area contributed by atoms with Gasteiger partial charge in [0.1, 0.15) is 23.8 Å². The van der Waals surface area contributed by atoms with Crippen LogP contribution < -0.4 is 22.3 Å². The highest BCUT2D eigenvalue weighted by atomic mass is 19.1. The van der Waals surface area contributed by atoms with Crippen LogP contribution in [0.25, 0.3) is 16.5 Å². The Balaban J connectivity index is 1.62. The fraction of sp³-hybridized carbons (Fsp3) is 0.133. The van der Waals surface area contributed by atoms with Gasteiger partial charge in [0, 0.05) is 17.8 Å². The second-order valence-corrected chi connectivity index (χ2v) is 9.32. The third-order valence-corrected chi connectivity index (χ3v) is 6.81. The van der Waals surface area contributed by atoms with Crippen LogP contribution in [0.4, 0.5) is 16.0 Å². The highest BCUT2D eigenvalue weighted by molar-refractivity contribution is 6.16. The highest BCUT2D eigenvalue weighted by Gasteiger charge is 2.20. The molecule has 0 radical (unpaired) electrons. The average Bonchev–Trinajstić information content (AvgIpc) is 2.92. The van der Waals surface area contributed by atoms with Crippen LogP contribution in [0.1, 0.15) is 33.5 Å². The van der Waals surface area contributed by atoms with Gasteiger partial charge in [0.2, 0.25) is 0 Å². The van der Waals surface area contributed by atoms with E-state index in [1.807, 2.05) is 62.4 Å². The van der Waals surface area contributed by atoms with E-state index >= 15 is 0 Å². The Morgan fingerprint density at radius 3 is 2.56 bits per heavy atom. The summed E-state index contributed by atoms with van der Waals surface area (Å²) in [4.78, 5) is 22.3. The van der Waals surface area contributed by atoms with Gasteiger partial charge in [-0.25, -0.2) is 14.4 Å². The summed E-state index contributed by atoms with van der Waals surface area (Å²) in [6.07, 6.45) is 1.29. The number of nitrogens with zero attached hydrogens (tertiary/aromatic N) is 3. The standard InChI is InChI=1S/C30H28FN7O/c1-17-6-3-4-9-24(17)38-22(12-19-8-5-7-18(2)25(19)30(38)39)15-35-29-26(28(34)36-16-37-29)27(33)23-13-21(31)11-10-20(23)14-32/h3-13,16,33H,14-15,32H2,1-2H3,(H3,34,35,36,37). The number of nitrogens with two attached hydrogens (primary N) is 2. The third kappa shape index (κ3) is 4.75. The van der Waals surface area contributed by atoms with Crippen LogP contribution in [0.3, 0.4) is 0 Å². The predicted octanol–water partition coefficient (Wildman–Crippen LogP) is 4.61. The van der Waals surface area contributed by atoms with Crippen molar-refractivity contribution in [2.45, 2.75) is 26.9 Å². The summed E-state index contributed by atoms with van der Waals surface area (Å²) in [6, 6.07) is 19.5. The first-order chi connectivity index (χ1) is 18.8. The molecule has 196 valence electrons. The number of hydrogen-bond donors (Lipinski definition) is 4. The minimum Gasteiger partial charge on any atom is -0.383 e. The molecule has 0 spiro atoms. The normalized spacial score (nSPS) is 11.1. The molecule has 0 saturated heterocycles. The third-order valence-electron chi connectivity index (χ3n) is 6.81. The predicted molar refractivity (Wildman–Crippen MR) is 153 cm³/mol. The lowest BCUT2D eigenvalue weighted by atomic mass is 9.97. The van der Waals surface area contributed by atoms with E-state index in [4.69, 9.17) is 16.9 Å². The smallest absolute Gasteiger partial charge is 0.263 e. The number of halogens is 1. The topological polar surface area (TPSA) is 136 Å². The Kier molecular flexibility index (Phi) is 6.91. The lowest BCUT2D eigenvalue weighted by Gasteiger charge is -2.19. The van der Waals surface area contributed by atoms with Gasteiger partial charge in [0.15, 0.2) is 0 Å². The van der Waals surface area contributed by atoms with Crippen LogP contribution >= 0.6 is 0 Å². The van der Waals surface area contributed by atoms with E-state index < -0.39 is 5.82 Å². The Morgan fingerprint density at radius 2 is 1.79 bits per heavy atom. The molecule has 0 aliphatic carbocycles. The van der Waals surface area contributed by atoms with Gasteiger partial charge in [0.25, 0.3) is 5.56 Å². The zero-order valence-corrected chi connectivity index (χ0v) is 21.6. The van der Waals surface area contributed by atoms with Gasteiger partial charge < -0.3 is 16.8 Å². The second-order valence-electron chi connectivity index (χ2n) is 9.32. The number of nitrogen functional groups attached to an aromatic ring is 1. The second kappa shape index (κ2) is 10.5. The molecule has 0 atom stereocenters. The number of hydrogen-bond acceptors (Lipinski definition) is 7. The molecule has 8 nitrogen and oxygen atoms in total. The molecule has 2 aromatic heterocycles. The summed E-state index contributed by atoms with van der Waals surface area (Å²) in [7, 11) is 0. The molecule has 5 rings (SSSR count). The first-order valence-corrected chi connectivity index (χ1v) is 12.4. The van der Waals surface area contributed by atoms with Gasteiger partial charge in [-0.1, -0.05) is 42.5 Å². The Bertz CT molecular complexity index is 1800. The Morgan fingerprint density at radius 1 is 1.03 bits per heavy atom. The van der Waals surface area contributed by atoms with E-state index in [-0.39, 0.29) is 41.6 Å². The summed E-state index contributed by atoms with van der Waals surface area (Å²) < 4.78 is 15.8. The molecular weight excluding hydrogens is 493 g/mol. The fourth-order valence-corrected chi connectivity index (χ4v) is 4.85. The van der Waals surface area contributed by atoms with Gasteiger partial charge in [-0.2, -0.15) is 0 Å². The van der Waals surface area contributed by atoms with Gasteiger partial charge in [-0.05, 0) is 60.2 Å². The monoisotopic (exact) mass is 521 g/mol. The lowest BCUT2D eigenvalue weighted by molar-refractivity contribution is 0.626. The van der Waals surface area contributed by atoms with Gasteiger partial charge in [-0.3, -0.25) is 14.8 Å². The highest BCUT2D eigenvalue weighted by Crippen LogP contribution is 2.26. The maximum atomic E-state index is 14.1. The molecule has 0 fully saturated rings. The molecular formula is C30H28FN7O. The molecule has 0 amide bonds. The van der Waals surface area contributed by atoms with Crippen molar-refractivity contribution in [1.29, 1.82) is 5.41 Å². The lowest BCUT2D eigenvalue weighted by Crippen LogP contribution is -2.25. The SMILES string of the molecule is Cc1ccccc1-n1c(CNc2ncnc(N)c2C(=N)c2cc(F)ccc2CN)cc2cccc(C)c2c1=O. The van der Waals surface area contributed by atoms with Crippen molar-refractivity contribution in [1.82, 2.24) is 14.5 Å². The summed E-state index contributed by atoms with van der Waals surface area (Å²) in [5.74, 6) is -0.145. The number of benzene rings is 3. The van der Waals surface area contributed by atoms with Crippen LogP contribution in [-0.4, -0.2) is 20.2 Å². The van der Waals surface area contributed by atoms with Gasteiger partial charge >= 0.3 is 0 Å². The van der Waals surface area contributed by atoms with Crippen LogP contribution in [0.15, 0.2) is 77.9 Å². The molecule has 9 heteroatoms. The number of pyridine rings is 1. The Labute approximate surface area is 224 Å². The number of nitrogens with one attached hydrogen (secondary N) is 2. The van der Waals surface area contributed by atoms with Crippen molar-refractivity contribution in [2.75, 3.05) is 11.1 Å². The minimum absolute atomic E-state index is 0.0546. The summed E-state index contributed by atoms with van der Waals surface area (Å²) in [6.45, 7) is 4.19. The molecule has 2 heterocycles. The molecule has 6 N–H and O–H groups in total. The first-order valence-electron chi connectivity index (χ1n) is 12.4. The number of para-hydroxylation sites is 1. The van der Waals surface area contributed by atoms with Crippen molar-refractivity contribution in [2.24, 2.45) is 5.73 Å². The maximum absolute atomic E-state index is 14.1. The van der Waals surface area contributed by atoms with Crippen LogP contribution in [0.5, 0.6) is 0 Å². The molecule has 0 aliphatic heterocycles. The van der Waals surface area contributed by atoms with Crippen LogP contribution in [0.2, 0.25) is 0 Å². The zero-order chi connectivity index (χ0) is 27.7. The number of fused-ring (bicyclic) bond motifs is 1. The molecule has 0 saturated carbocycles. The average molecular weight is 522 g/mol. The quantitative estimate of drug-likeness (QED) is 0.231. The number of aryl methyl sites for hydroxylation is 2. The summed E-state index contributed by atoms with van der Waals surface area (Å²) in [5.41, 5.74) is 16.3. The van der Waals surface area contributed by atoms with Crippen molar-refractivity contribution < 1.29 is 4.39 Å². The van der Waals surface area contributed by atoms with Crippen LogP contribution in [0, 0.1) is 25.1 Å². The summed E-state index contributed by atoms with van der Waals surface area (Å²) >= 11 is 0. The van der Waals surface area contributed by atoms with Crippen molar-refractivity contribution in [3.63, 3.8) is 0 Å². The Hall–Kier alpha value is -4.89. The largest absolute Gasteiger partial charge is 0.383 e. The summed E-state index contributed by atoms with van der Waals surface area (Å²) in [5, 5.41) is 13.6. The van der Waals surface area contributed by atoms with Crippen molar-refractivity contribution >= 4 is 28.1 Å². The fourth-order valence-electron chi connectivity index (χ4n) is 4.85. The van der Waals surface area contributed by atoms with Crippen LogP contribution in [-0.2, 0) is 13.1 Å². The molecule has 3 aromatic carbocycles. The van der Waals surface area contributed by atoms with E-state index in [0.717, 1.165) is 22.2 Å². The molecule has 0 aliphatic rings. The van der Waals surface area contributed by atoms with Gasteiger partial charge in [0.05, 0.1) is 28.9 Å². The molecule has 0 bridgehead atoms. The van der Waals surface area contributed by atoms with E-state index in [9.17, 15) is 9.18 Å². The van der Waals surface area contributed by atoms with E-state index in [1.165, 1.54) is 18.5 Å².